The molecule has 0 bridgehead atoms. The SMILES string of the molecule is CCCc1ccc2c(c1C)C=C(C[Si](C)(C)C)C2(C)C. The maximum Gasteiger partial charge on any atom is 0.0483 e. The summed E-state index contributed by atoms with van der Waals surface area (Å²) in [6.07, 6.45) is 4.95. The molecule has 0 aliphatic heterocycles. The van der Waals surface area contributed by atoms with Crippen LogP contribution in [0.1, 0.15) is 49.4 Å². The zero-order valence-corrected chi connectivity index (χ0v) is 15.4. The van der Waals surface area contributed by atoms with Gasteiger partial charge < -0.3 is 0 Å². The fraction of sp³-hybridized carbons (Fsp3) is 0.579. The molecule has 0 amide bonds. The second-order valence-corrected chi connectivity index (χ2v) is 13.6. The topological polar surface area (TPSA) is 0 Å². The van der Waals surface area contributed by atoms with Gasteiger partial charge in [-0.25, -0.2) is 0 Å². The van der Waals surface area contributed by atoms with Crippen LogP contribution < -0.4 is 0 Å². The summed E-state index contributed by atoms with van der Waals surface area (Å²) < 4.78 is 0. The van der Waals surface area contributed by atoms with Gasteiger partial charge in [-0.2, -0.15) is 0 Å². The van der Waals surface area contributed by atoms with Gasteiger partial charge in [-0.05, 0) is 41.6 Å². The molecule has 0 saturated heterocycles. The van der Waals surface area contributed by atoms with E-state index in [4.69, 9.17) is 0 Å². The van der Waals surface area contributed by atoms with Gasteiger partial charge in [-0.1, -0.05) is 70.6 Å². The van der Waals surface area contributed by atoms with Crippen molar-refractivity contribution in [3.63, 3.8) is 0 Å². The van der Waals surface area contributed by atoms with Crippen molar-refractivity contribution in [2.75, 3.05) is 0 Å². The molecule has 1 aromatic rings. The molecule has 0 atom stereocenters. The van der Waals surface area contributed by atoms with Gasteiger partial charge in [0.15, 0.2) is 0 Å². The molecule has 2 rings (SSSR count). The molecule has 110 valence electrons. The first-order chi connectivity index (χ1) is 9.16. The van der Waals surface area contributed by atoms with Crippen molar-refractivity contribution < 1.29 is 0 Å². The Morgan fingerprint density at radius 2 is 1.75 bits per heavy atom. The van der Waals surface area contributed by atoms with Gasteiger partial charge in [-0.3, -0.25) is 0 Å². The fourth-order valence-electron chi connectivity index (χ4n) is 3.42. The number of fused-ring (bicyclic) bond motifs is 1. The van der Waals surface area contributed by atoms with Crippen LogP contribution in [-0.2, 0) is 11.8 Å². The maximum absolute atomic E-state index is 2.52. The number of aryl methyl sites for hydroxylation is 1. The van der Waals surface area contributed by atoms with Crippen molar-refractivity contribution in [2.24, 2.45) is 0 Å². The van der Waals surface area contributed by atoms with E-state index in [0.29, 0.717) is 0 Å². The minimum atomic E-state index is -1.06. The molecule has 0 heterocycles. The maximum atomic E-state index is 2.52. The molecule has 1 heteroatoms. The molecule has 20 heavy (non-hydrogen) atoms. The first-order valence-electron chi connectivity index (χ1n) is 8.01. The molecule has 0 aromatic heterocycles. The first-order valence-corrected chi connectivity index (χ1v) is 11.7. The predicted molar refractivity (Wildman–Crippen MR) is 94.3 cm³/mol. The zero-order valence-electron chi connectivity index (χ0n) is 14.4. The van der Waals surface area contributed by atoms with Crippen LogP contribution in [0.25, 0.3) is 6.08 Å². The summed E-state index contributed by atoms with van der Waals surface area (Å²) in [5.41, 5.74) is 8.00. The van der Waals surface area contributed by atoms with Crippen molar-refractivity contribution >= 4 is 14.1 Å². The van der Waals surface area contributed by atoms with E-state index in [9.17, 15) is 0 Å². The Hall–Kier alpha value is -0.823. The van der Waals surface area contributed by atoms with Crippen molar-refractivity contribution in [3.05, 3.63) is 40.0 Å². The third-order valence-electron chi connectivity index (χ3n) is 4.66. The Kier molecular flexibility index (Phi) is 4.03. The summed E-state index contributed by atoms with van der Waals surface area (Å²) in [5.74, 6) is 0. The summed E-state index contributed by atoms with van der Waals surface area (Å²) in [6.45, 7) is 16.8. The molecule has 0 N–H and O–H groups in total. The van der Waals surface area contributed by atoms with Crippen LogP contribution in [0.15, 0.2) is 17.7 Å². The normalized spacial score (nSPS) is 17.1. The van der Waals surface area contributed by atoms with Crippen molar-refractivity contribution in [1.82, 2.24) is 0 Å². The second-order valence-electron chi connectivity index (χ2n) is 8.09. The Bertz CT molecular complexity index is 542. The molecule has 0 fully saturated rings. The second kappa shape index (κ2) is 5.18. The van der Waals surface area contributed by atoms with E-state index in [-0.39, 0.29) is 5.41 Å². The minimum absolute atomic E-state index is 0.227. The third-order valence-corrected chi connectivity index (χ3v) is 6.10. The average Bonchev–Trinajstić information content (AvgIpc) is 2.54. The standard InChI is InChI=1S/C19H30Si/c1-8-9-15-10-11-18-17(14(15)2)12-16(19(18,3)4)13-20(5,6)7/h10-12H,8-9,13H2,1-7H3. The summed E-state index contributed by atoms with van der Waals surface area (Å²) >= 11 is 0. The number of allylic oxidation sites excluding steroid dienone is 1. The Morgan fingerprint density at radius 3 is 2.30 bits per heavy atom. The number of benzene rings is 1. The lowest BCUT2D eigenvalue weighted by molar-refractivity contribution is 0.636. The zero-order chi connectivity index (χ0) is 15.1. The number of hydrogen-bond acceptors (Lipinski definition) is 0. The van der Waals surface area contributed by atoms with E-state index in [1.165, 1.54) is 35.6 Å². The summed E-state index contributed by atoms with van der Waals surface area (Å²) in [5, 5.41) is 0. The van der Waals surface area contributed by atoms with Gasteiger partial charge in [0.25, 0.3) is 0 Å². The van der Waals surface area contributed by atoms with E-state index < -0.39 is 8.07 Å². The van der Waals surface area contributed by atoms with Crippen LogP contribution in [0, 0.1) is 6.92 Å². The van der Waals surface area contributed by atoms with Gasteiger partial charge in [0.05, 0.1) is 0 Å². The van der Waals surface area contributed by atoms with Crippen LogP contribution in [0.3, 0.4) is 0 Å². The van der Waals surface area contributed by atoms with Gasteiger partial charge >= 0.3 is 0 Å². The molecule has 0 saturated carbocycles. The highest BCUT2D eigenvalue weighted by Gasteiger charge is 2.35. The Labute approximate surface area is 126 Å². The smallest absolute Gasteiger partial charge is 0.0483 e. The quantitative estimate of drug-likeness (QED) is 0.599. The van der Waals surface area contributed by atoms with E-state index >= 15 is 0 Å². The van der Waals surface area contributed by atoms with E-state index in [1.807, 2.05) is 0 Å². The lowest BCUT2D eigenvalue weighted by atomic mass is 9.81. The first kappa shape index (κ1) is 15.6. The van der Waals surface area contributed by atoms with Gasteiger partial charge in [0, 0.05) is 13.5 Å². The van der Waals surface area contributed by atoms with Gasteiger partial charge in [0.1, 0.15) is 0 Å². The van der Waals surface area contributed by atoms with Crippen molar-refractivity contribution in [3.8, 4) is 0 Å². The van der Waals surface area contributed by atoms with Crippen LogP contribution >= 0.6 is 0 Å². The number of rotatable bonds is 4. The number of hydrogen-bond donors (Lipinski definition) is 0. The lowest BCUT2D eigenvalue weighted by Gasteiger charge is -2.29. The highest BCUT2D eigenvalue weighted by molar-refractivity contribution is 6.76. The Balaban J connectivity index is 2.48. The fourth-order valence-corrected chi connectivity index (χ4v) is 5.10. The molecule has 1 aromatic carbocycles. The molecule has 1 aliphatic rings. The minimum Gasteiger partial charge on any atom is -0.0693 e. The molecule has 0 unspecified atom stereocenters. The average molecular weight is 287 g/mol. The highest BCUT2D eigenvalue weighted by atomic mass is 28.3. The van der Waals surface area contributed by atoms with Crippen LogP contribution in [0.4, 0.5) is 0 Å². The van der Waals surface area contributed by atoms with Crippen LogP contribution in [0.5, 0.6) is 0 Å². The molecule has 0 nitrogen and oxygen atoms in total. The highest BCUT2D eigenvalue weighted by Crippen LogP contribution is 2.46. The molecular formula is C19H30Si. The van der Waals surface area contributed by atoms with E-state index in [0.717, 1.165) is 0 Å². The van der Waals surface area contributed by atoms with Gasteiger partial charge in [0.2, 0.25) is 0 Å². The molecule has 0 spiro atoms. The monoisotopic (exact) mass is 286 g/mol. The molecular weight excluding hydrogens is 256 g/mol. The third kappa shape index (κ3) is 2.78. The Morgan fingerprint density at radius 1 is 1.10 bits per heavy atom. The summed E-state index contributed by atoms with van der Waals surface area (Å²) in [7, 11) is -1.06. The van der Waals surface area contributed by atoms with Crippen LogP contribution in [0.2, 0.25) is 25.7 Å². The lowest BCUT2D eigenvalue weighted by Crippen LogP contribution is -2.26. The van der Waals surface area contributed by atoms with Crippen LogP contribution in [-0.4, -0.2) is 8.07 Å². The largest absolute Gasteiger partial charge is 0.0693 e. The van der Waals surface area contributed by atoms with Gasteiger partial charge in [-0.15, -0.1) is 0 Å². The molecule has 1 aliphatic carbocycles. The van der Waals surface area contributed by atoms with E-state index in [2.05, 4.69) is 65.5 Å². The van der Waals surface area contributed by atoms with E-state index in [1.54, 1.807) is 11.1 Å². The summed E-state index contributed by atoms with van der Waals surface area (Å²) in [4.78, 5) is 0. The van der Waals surface area contributed by atoms with Crippen molar-refractivity contribution in [1.29, 1.82) is 0 Å². The van der Waals surface area contributed by atoms with Crippen molar-refractivity contribution in [2.45, 2.75) is 71.6 Å². The predicted octanol–water partition coefficient (Wildman–Crippen LogP) is 5.96. The molecule has 0 radical (unpaired) electrons. The summed E-state index contributed by atoms with van der Waals surface area (Å²) in [6, 6.07) is 6.07.